The first kappa shape index (κ1) is 23.3. The minimum Gasteiger partial charge on any atom is -0.452 e. The van der Waals surface area contributed by atoms with Crippen LogP contribution in [0.15, 0.2) is 29.2 Å². The molecule has 0 radical (unpaired) electrons. The zero-order valence-electron chi connectivity index (χ0n) is 17.7. The third-order valence-corrected chi connectivity index (χ3v) is 7.85. The monoisotopic (exact) mass is 424 g/mol. The van der Waals surface area contributed by atoms with E-state index >= 15 is 0 Å². The predicted octanol–water partition coefficient (Wildman–Crippen LogP) is 2.81. The Morgan fingerprint density at radius 1 is 1.17 bits per heavy atom. The zero-order chi connectivity index (χ0) is 21.6. The van der Waals surface area contributed by atoms with E-state index in [2.05, 4.69) is 19.2 Å². The number of hydrogen-bond acceptors (Lipinski definition) is 5. The van der Waals surface area contributed by atoms with Crippen molar-refractivity contribution in [2.45, 2.75) is 57.9 Å². The SMILES string of the molecule is CCN(CC)S(=O)(=O)c1cccc(C(=O)OCC(=O)N[C@H]2CCC[C@H](C)[C@@H]2C)c1. The maximum Gasteiger partial charge on any atom is 0.338 e. The highest BCUT2D eigenvalue weighted by molar-refractivity contribution is 7.89. The lowest BCUT2D eigenvalue weighted by molar-refractivity contribution is -0.125. The van der Waals surface area contributed by atoms with Crippen LogP contribution >= 0.6 is 0 Å². The maximum absolute atomic E-state index is 12.6. The second kappa shape index (κ2) is 10.2. The normalized spacial score (nSPS) is 22.3. The molecule has 8 heteroatoms. The van der Waals surface area contributed by atoms with E-state index < -0.39 is 16.0 Å². The van der Waals surface area contributed by atoms with Crippen LogP contribution in [0.25, 0.3) is 0 Å². The van der Waals surface area contributed by atoms with Crippen LogP contribution in [0.5, 0.6) is 0 Å². The van der Waals surface area contributed by atoms with E-state index in [1.54, 1.807) is 13.8 Å². The van der Waals surface area contributed by atoms with Crippen molar-refractivity contribution >= 4 is 21.9 Å². The zero-order valence-corrected chi connectivity index (χ0v) is 18.5. The van der Waals surface area contributed by atoms with Crippen LogP contribution < -0.4 is 5.32 Å². The third-order valence-electron chi connectivity index (χ3n) is 5.80. The molecule has 2 rings (SSSR count). The minimum atomic E-state index is -3.67. The summed E-state index contributed by atoms with van der Waals surface area (Å²) in [5, 5.41) is 2.95. The molecule has 3 atom stereocenters. The molecular weight excluding hydrogens is 392 g/mol. The fraction of sp³-hybridized carbons (Fsp3) is 0.619. The number of carbonyl (C=O) groups is 2. The number of ether oxygens (including phenoxy) is 1. The van der Waals surface area contributed by atoms with Gasteiger partial charge in [0.1, 0.15) is 0 Å². The van der Waals surface area contributed by atoms with Gasteiger partial charge in [0.25, 0.3) is 5.91 Å². The second-order valence-corrected chi connectivity index (χ2v) is 9.57. The molecule has 0 bridgehead atoms. The van der Waals surface area contributed by atoms with E-state index in [0.29, 0.717) is 24.9 Å². The summed E-state index contributed by atoms with van der Waals surface area (Å²) < 4.78 is 31.7. The first-order valence-electron chi connectivity index (χ1n) is 10.3. The smallest absolute Gasteiger partial charge is 0.338 e. The van der Waals surface area contributed by atoms with E-state index in [4.69, 9.17) is 4.74 Å². The lowest BCUT2D eigenvalue weighted by Crippen LogP contribution is -2.45. The largest absolute Gasteiger partial charge is 0.452 e. The second-order valence-electron chi connectivity index (χ2n) is 7.63. The standard InChI is InChI=1S/C21H32N2O5S/c1-5-23(6-2)29(26,27)18-11-8-10-17(13-18)21(25)28-14-20(24)22-19-12-7-9-15(3)16(19)4/h8,10-11,13,15-16,19H,5-7,9,12,14H2,1-4H3,(H,22,24)/t15-,16-,19-/m0/s1. The Bertz CT molecular complexity index is 820. The van der Waals surface area contributed by atoms with Gasteiger partial charge >= 0.3 is 5.97 Å². The summed E-state index contributed by atoms with van der Waals surface area (Å²) in [6.07, 6.45) is 3.16. The van der Waals surface area contributed by atoms with E-state index in [1.165, 1.54) is 28.6 Å². The summed E-state index contributed by atoms with van der Waals surface area (Å²) >= 11 is 0. The van der Waals surface area contributed by atoms with Crippen LogP contribution in [-0.4, -0.2) is 50.3 Å². The molecular formula is C21H32N2O5S. The van der Waals surface area contributed by atoms with Crippen LogP contribution in [0.1, 0.15) is 57.3 Å². The van der Waals surface area contributed by atoms with Gasteiger partial charge in [-0.15, -0.1) is 0 Å². The minimum absolute atomic E-state index is 0.0325. The van der Waals surface area contributed by atoms with Gasteiger partial charge in [-0.25, -0.2) is 13.2 Å². The molecule has 0 heterocycles. The van der Waals surface area contributed by atoms with Crippen molar-refractivity contribution in [3.8, 4) is 0 Å². The number of amides is 1. The number of carbonyl (C=O) groups excluding carboxylic acids is 2. The Morgan fingerprint density at radius 3 is 2.52 bits per heavy atom. The fourth-order valence-electron chi connectivity index (χ4n) is 3.74. The van der Waals surface area contributed by atoms with E-state index in [0.717, 1.165) is 19.3 Å². The van der Waals surface area contributed by atoms with Crippen molar-refractivity contribution in [1.82, 2.24) is 9.62 Å². The van der Waals surface area contributed by atoms with Crippen molar-refractivity contribution in [3.05, 3.63) is 29.8 Å². The summed E-state index contributed by atoms with van der Waals surface area (Å²) in [5.74, 6) is -0.129. The molecule has 0 unspecified atom stereocenters. The van der Waals surface area contributed by atoms with Crippen molar-refractivity contribution in [2.75, 3.05) is 19.7 Å². The Labute approximate surface area is 173 Å². The maximum atomic E-state index is 12.6. The summed E-state index contributed by atoms with van der Waals surface area (Å²) in [7, 11) is -3.67. The van der Waals surface area contributed by atoms with Gasteiger partial charge in [-0.1, -0.05) is 46.6 Å². The average Bonchev–Trinajstić information content (AvgIpc) is 2.70. The molecule has 0 spiro atoms. The molecule has 0 saturated heterocycles. The van der Waals surface area contributed by atoms with Gasteiger partial charge in [0, 0.05) is 19.1 Å². The molecule has 29 heavy (non-hydrogen) atoms. The van der Waals surface area contributed by atoms with Crippen molar-refractivity contribution < 1.29 is 22.7 Å². The summed E-state index contributed by atoms with van der Waals surface area (Å²) in [4.78, 5) is 24.6. The van der Waals surface area contributed by atoms with Crippen molar-refractivity contribution in [2.24, 2.45) is 11.8 Å². The number of benzene rings is 1. The lowest BCUT2D eigenvalue weighted by atomic mass is 9.78. The number of hydrogen-bond donors (Lipinski definition) is 1. The van der Waals surface area contributed by atoms with Crippen molar-refractivity contribution in [3.63, 3.8) is 0 Å². The van der Waals surface area contributed by atoms with E-state index in [9.17, 15) is 18.0 Å². The Hall–Kier alpha value is -1.93. The molecule has 1 aromatic carbocycles. The molecule has 1 N–H and O–H groups in total. The number of sulfonamides is 1. The highest BCUT2D eigenvalue weighted by Gasteiger charge is 2.28. The van der Waals surface area contributed by atoms with Gasteiger partial charge in [-0.3, -0.25) is 4.79 Å². The van der Waals surface area contributed by atoms with Gasteiger partial charge < -0.3 is 10.1 Å². The van der Waals surface area contributed by atoms with Crippen LogP contribution in [0.3, 0.4) is 0 Å². The molecule has 162 valence electrons. The summed E-state index contributed by atoms with van der Waals surface area (Å²) in [6, 6.07) is 5.80. The summed E-state index contributed by atoms with van der Waals surface area (Å²) in [6.45, 7) is 8.11. The first-order chi connectivity index (χ1) is 13.7. The van der Waals surface area contributed by atoms with E-state index in [-0.39, 0.29) is 29.0 Å². The quantitative estimate of drug-likeness (QED) is 0.648. The lowest BCUT2D eigenvalue weighted by Gasteiger charge is -2.34. The molecule has 0 aliphatic heterocycles. The fourth-order valence-corrected chi connectivity index (χ4v) is 5.25. The van der Waals surface area contributed by atoms with Crippen LogP contribution in [0.2, 0.25) is 0 Å². The highest BCUT2D eigenvalue weighted by atomic mass is 32.2. The number of nitrogens with zero attached hydrogens (tertiary/aromatic N) is 1. The average molecular weight is 425 g/mol. The van der Waals surface area contributed by atoms with Crippen LogP contribution in [0, 0.1) is 11.8 Å². The molecule has 0 aromatic heterocycles. The molecule has 1 fully saturated rings. The molecule has 1 aliphatic carbocycles. The van der Waals surface area contributed by atoms with Gasteiger partial charge in [0.15, 0.2) is 6.61 Å². The molecule has 7 nitrogen and oxygen atoms in total. The van der Waals surface area contributed by atoms with Crippen molar-refractivity contribution in [1.29, 1.82) is 0 Å². The van der Waals surface area contributed by atoms with Gasteiger partial charge in [0.05, 0.1) is 10.5 Å². The third kappa shape index (κ3) is 5.79. The Balaban J connectivity index is 1.98. The first-order valence-corrected chi connectivity index (χ1v) is 11.7. The van der Waals surface area contributed by atoms with Crippen LogP contribution in [-0.2, 0) is 19.6 Å². The molecule has 1 aromatic rings. The molecule has 1 saturated carbocycles. The number of esters is 1. The molecule has 1 amide bonds. The Kier molecular flexibility index (Phi) is 8.22. The number of rotatable bonds is 8. The van der Waals surface area contributed by atoms with E-state index in [1.807, 2.05) is 0 Å². The number of nitrogens with one attached hydrogen (secondary N) is 1. The van der Waals surface area contributed by atoms with Gasteiger partial charge in [0.2, 0.25) is 10.0 Å². The highest BCUT2D eigenvalue weighted by Crippen LogP contribution is 2.29. The molecule has 1 aliphatic rings. The van der Waals surface area contributed by atoms with Crippen LogP contribution in [0.4, 0.5) is 0 Å². The topological polar surface area (TPSA) is 92.8 Å². The van der Waals surface area contributed by atoms with Gasteiger partial charge in [-0.2, -0.15) is 4.31 Å². The predicted molar refractivity (Wildman–Crippen MR) is 111 cm³/mol. The Morgan fingerprint density at radius 2 is 1.86 bits per heavy atom. The summed E-state index contributed by atoms with van der Waals surface area (Å²) in [5.41, 5.74) is 0.102. The van der Waals surface area contributed by atoms with Gasteiger partial charge in [-0.05, 0) is 36.5 Å².